The highest BCUT2D eigenvalue weighted by Crippen LogP contribution is 2.32. The van der Waals surface area contributed by atoms with Crippen molar-refractivity contribution in [3.63, 3.8) is 0 Å². The number of aromatic amines is 1. The Hall–Kier alpha value is -4.59. The number of H-pyrrole nitrogens is 1. The second-order valence-corrected chi connectivity index (χ2v) is 7.60. The third-order valence-corrected chi connectivity index (χ3v) is 5.05. The van der Waals surface area contributed by atoms with Gasteiger partial charge in [0.05, 0.1) is 19.0 Å². The van der Waals surface area contributed by atoms with Crippen LogP contribution in [0.15, 0.2) is 77.9 Å². The Balaban J connectivity index is 1.41. The Bertz CT molecular complexity index is 1310. The Labute approximate surface area is 196 Å². The van der Waals surface area contributed by atoms with Gasteiger partial charge in [-0.1, -0.05) is 42.0 Å². The minimum atomic E-state index is -0.444. The molecule has 0 bridgehead atoms. The van der Waals surface area contributed by atoms with Crippen molar-refractivity contribution in [2.75, 3.05) is 7.11 Å². The number of phenolic OH excluding ortho intramolecular Hbond substituents is 1. The minimum absolute atomic E-state index is 0.121. The molecular weight excluding hydrogens is 432 g/mol. The number of carbonyl (C=O) groups is 1. The van der Waals surface area contributed by atoms with Crippen LogP contribution in [0.1, 0.15) is 27.2 Å². The molecule has 0 saturated heterocycles. The van der Waals surface area contributed by atoms with Crippen molar-refractivity contribution in [3.05, 3.63) is 95.2 Å². The Morgan fingerprint density at radius 3 is 2.68 bits per heavy atom. The molecule has 0 radical (unpaired) electrons. The van der Waals surface area contributed by atoms with E-state index in [9.17, 15) is 9.90 Å². The Morgan fingerprint density at radius 1 is 1.09 bits per heavy atom. The van der Waals surface area contributed by atoms with Crippen molar-refractivity contribution in [1.29, 1.82) is 0 Å². The number of nitrogens with zero attached hydrogens (tertiary/aromatic N) is 2. The van der Waals surface area contributed by atoms with E-state index in [0.717, 1.165) is 11.1 Å². The number of ether oxygens (including phenoxy) is 2. The fourth-order valence-corrected chi connectivity index (χ4v) is 3.21. The number of aromatic nitrogens is 2. The third kappa shape index (κ3) is 5.60. The van der Waals surface area contributed by atoms with Crippen LogP contribution in [0, 0.1) is 6.92 Å². The van der Waals surface area contributed by atoms with Crippen molar-refractivity contribution in [2.45, 2.75) is 13.5 Å². The SMILES string of the molecule is COc1cc(-c2cc(C(=O)N/N=C\c3cccc(O)c3)[nH]n2)ccc1OCc1ccc(C)cc1. The molecule has 0 saturated carbocycles. The quantitative estimate of drug-likeness (QED) is 0.268. The number of hydrogen-bond acceptors (Lipinski definition) is 6. The number of aromatic hydroxyl groups is 1. The topological polar surface area (TPSA) is 109 Å². The zero-order valence-electron chi connectivity index (χ0n) is 18.8. The maximum absolute atomic E-state index is 12.4. The molecule has 3 N–H and O–H groups in total. The molecule has 0 fully saturated rings. The van der Waals surface area contributed by atoms with E-state index < -0.39 is 5.91 Å². The van der Waals surface area contributed by atoms with E-state index in [0.29, 0.717) is 29.4 Å². The van der Waals surface area contributed by atoms with E-state index in [1.807, 2.05) is 49.4 Å². The van der Waals surface area contributed by atoms with Gasteiger partial charge in [0, 0.05) is 5.56 Å². The van der Waals surface area contributed by atoms with Gasteiger partial charge in [0.15, 0.2) is 11.5 Å². The van der Waals surface area contributed by atoms with E-state index in [2.05, 4.69) is 20.7 Å². The summed E-state index contributed by atoms with van der Waals surface area (Å²) in [5.41, 5.74) is 6.93. The molecule has 1 heterocycles. The Morgan fingerprint density at radius 2 is 1.91 bits per heavy atom. The van der Waals surface area contributed by atoms with Crippen LogP contribution in [0.4, 0.5) is 0 Å². The molecule has 4 rings (SSSR count). The average Bonchev–Trinajstić information content (AvgIpc) is 3.34. The molecule has 8 nitrogen and oxygen atoms in total. The van der Waals surface area contributed by atoms with Crippen molar-refractivity contribution >= 4 is 12.1 Å². The number of hydrogen-bond donors (Lipinski definition) is 3. The molecular formula is C26H24N4O4. The number of benzene rings is 3. The van der Waals surface area contributed by atoms with Gasteiger partial charge >= 0.3 is 0 Å². The van der Waals surface area contributed by atoms with Crippen LogP contribution in [0.25, 0.3) is 11.3 Å². The summed E-state index contributed by atoms with van der Waals surface area (Å²) >= 11 is 0. The second kappa shape index (κ2) is 10.4. The van der Waals surface area contributed by atoms with Crippen molar-refractivity contribution in [2.24, 2.45) is 5.10 Å². The third-order valence-electron chi connectivity index (χ3n) is 5.05. The number of aryl methyl sites for hydroxylation is 1. The minimum Gasteiger partial charge on any atom is -0.508 e. The lowest BCUT2D eigenvalue weighted by molar-refractivity contribution is 0.0950. The number of phenols is 1. The molecule has 172 valence electrons. The van der Waals surface area contributed by atoms with Gasteiger partial charge in [-0.3, -0.25) is 9.89 Å². The highest BCUT2D eigenvalue weighted by molar-refractivity contribution is 5.94. The van der Waals surface area contributed by atoms with Gasteiger partial charge in [0.2, 0.25) is 0 Å². The van der Waals surface area contributed by atoms with E-state index in [-0.39, 0.29) is 11.4 Å². The standard InChI is InChI=1S/C26H24N4O4/c1-17-6-8-18(9-7-17)16-34-24-11-10-20(13-25(24)33-2)22-14-23(29-28-22)26(32)30-27-15-19-4-3-5-21(31)12-19/h3-15,31H,16H2,1-2H3,(H,28,29)(H,30,32)/b27-15-. The summed E-state index contributed by atoms with van der Waals surface area (Å²) in [5, 5.41) is 20.3. The fraction of sp³-hybridized carbons (Fsp3) is 0.115. The summed E-state index contributed by atoms with van der Waals surface area (Å²) in [4.78, 5) is 12.4. The molecule has 0 spiro atoms. The number of hydrazone groups is 1. The number of amides is 1. The normalized spacial score (nSPS) is 10.9. The first-order valence-electron chi connectivity index (χ1n) is 10.6. The van der Waals surface area contributed by atoms with Gasteiger partial charge in [-0.05, 0) is 54.4 Å². The van der Waals surface area contributed by atoms with Gasteiger partial charge < -0.3 is 14.6 Å². The van der Waals surface area contributed by atoms with E-state index >= 15 is 0 Å². The number of carbonyl (C=O) groups excluding carboxylic acids is 1. The van der Waals surface area contributed by atoms with E-state index in [4.69, 9.17) is 9.47 Å². The summed E-state index contributed by atoms with van der Waals surface area (Å²) in [6, 6.07) is 21.8. The fourth-order valence-electron chi connectivity index (χ4n) is 3.21. The molecule has 1 amide bonds. The summed E-state index contributed by atoms with van der Waals surface area (Å²) in [6.07, 6.45) is 1.44. The zero-order valence-corrected chi connectivity index (χ0v) is 18.8. The highest BCUT2D eigenvalue weighted by Gasteiger charge is 2.13. The van der Waals surface area contributed by atoms with Crippen LogP contribution >= 0.6 is 0 Å². The zero-order chi connectivity index (χ0) is 23.9. The first-order valence-corrected chi connectivity index (χ1v) is 10.6. The van der Waals surface area contributed by atoms with Crippen LogP contribution in [0.2, 0.25) is 0 Å². The van der Waals surface area contributed by atoms with Gasteiger partial charge in [-0.25, -0.2) is 5.43 Å². The van der Waals surface area contributed by atoms with Crippen LogP contribution in [-0.2, 0) is 6.61 Å². The summed E-state index contributed by atoms with van der Waals surface area (Å²) in [7, 11) is 1.58. The molecule has 4 aromatic rings. The lowest BCUT2D eigenvalue weighted by atomic mass is 10.1. The largest absolute Gasteiger partial charge is 0.508 e. The first kappa shape index (κ1) is 22.6. The van der Waals surface area contributed by atoms with Gasteiger partial charge in [0.1, 0.15) is 18.1 Å². The monoisotopic (exact) mass is 456 g/mol. The number of methoxy groups -OCH3 is 1. The molecule has 0 atom stereocenters. The van der Waals surface area contributed by atoms with Crippen LogP contribution < -0.4 is 14.9 Å². The molecule has 8 heteroatoms. The van der Waals surface area contributed by atoms with Crippen LogP contribution in [-0.4, -0.2) is 34.5 Å². The molecule has 0 aliphatic heterocycles. The van der Waals surface area contributed by atoms with Crippen LogP contribution in [0.5, 0.6) is 17.2 Å². The number of nitrogens with one attached hydrogen (secondary N) is 2. The van der Waals surface area contributed by atoms with Crippen molar-refractivity contribution in [3.8, 4) is 28.5 Å². The first-order chi connectivity index (χ1) is 16.5. The summed E-state index contributed by atoms with van der Waals surface area (Å²) in [5.74, 6) is 0.853. The van der Waals surface area contributed by atoms with Gasteiger partial charge in [0.25, 0.3) is 5.91 Å². The second-order valence-electron chi connectivity index (χ2n) is 7.60. The highest BCUT2D eigenvalue weighted by atomic mass is 16.5. The predicted octanol–water partition coefficient (Wildman–Crippen LogP) is 4.44. The molecule has 0 aliphatic rings. The summed E-state index contributed by atoms with van der Waals surface area (Å²) in [6.45, 7) is 2.46. The number of rotatable bonds is 8. The van der Waals surface area contributed by atoms with Gasteiger partial charge in [-0.2, -0.15) is 10.2 Å². The smallest absolute Gasteiger partial charge is 0.289 e. The summed E-state index contributed by atoms with van der Waals surface area (Å²) < 4.78 is 11.4. The van der Waals surface area contributed by atoms with Crippen molar-refractivity contribution < 1.29 is 19.4 Å². The molecule has 0 unspecified atom stereocenters. The lowest BCUT2D eigenvalue weighted by Crippen LogP contribution is -2.17. The average molecular weight is 457 g/mol. The molecule has 1 aromatic heterocycles. The maximum Gasteiger partial charge on any atom is 0.289 e. The molecule has 3 aromatic carbocycles. The Kier molecular flexibility index (Phi) is 6.88. The maximum atomic E-state index is 12.4. The molecule has 34 heavy (non-hydrogen) atoms. The van der Waals surface area contributed by atoms with E-state index in [1.165, 1.54) is 17.8 Å². The van der Waals surface area contributed by atoms with E-state index in [1.54, 1.807) is 31.4 Å². The van der Waals surface area contributed by atoms with Gasteiger partial charge in [-0.15, -0.1) is 0 Å². The van der Waals surface area contributed by atoms with Crippen molar-refractivity contribution in [1.82, 2.24) is 15.6 Å². The lowest BCUT2D eigenvalue weighted by Gasteiger charge is -2.12. The predicted molar refractivity (Wildman–Crippen MR) is 129 cm³/mol. The van der Waals surface area contributed by atoms with Crippen LogP contribution in [0.3, 0.4) is 0 Å². The molecule has 0 aliphatic carbocycles.